The third kappa shape index (κ3) is 11.1. The second-order valence-corrected chi connectivity index (χ2v) is 11.2. The molecular formula is C36H45FN2O6. The lowest BCUT2D eigenvalue weighted by atomic mass is 10.0. The van der Waals surface area contributed by atoms with Crippen LogP contribution in [0.5, 0.6) is 11.5 Å². The molecule has 1 unspecified atom stereocenters. The number of para-hydroxylation sites is 1. The molecule has 0 aromatic heterocycles. The number of unbranched alkanes of at least 4 members (excludes halogenated alkanes) is 1. The van der Waals surface area contributed by atoms with Crippen molar-refractivity contribution in [3.63, 3.8) is 0 Å². The molecule has 8 nitrogen and oxygen atoms in total. The second-order valence-electron chi connectivity index (χ2n) is 11.2. The molecule has 1 fully saturated rings. The lowest BCUT2D eigenvalue weighted by Gasteiger charge is -2.36. The van der Waals surface area contributed by atoms with Crippen LogP contribution in [0.15, 0.2) is 72.8 Å². The molecule has 3 aromatic rings. The number of piperazine rings is 1. The largest absolute Gasteiger partial charge is 0.493 e. The normalized spacial score (nSPS) is 14.1. The molecule has 0 spiro atoms. The summed E-state index contributed by atoms with van der Waals surface area (Å²) in [6.07, 6.45) is 5.14. The number of esters is 2. The van der Waals surface area contributed by atoms with Crippen LogP contribution in [0.2, 0.25) is 0 Å². The second kappa shape index (κ2) is 18.0. The fourth-order valence-electron chi connectivity index (χ4n) is 5.51. The van der Waals surface area contributed by atoms with Crippen LogP contribution in [0.25, 0.3) is 0 Å². The van der Waals surface area contributed by atoms with Gasteiger partial charge in [0, 0.05) is 44.8 Å². The van der Waals surface area contributed by atoms with Crippen LogP contribution in [0.1, 0.15) is 54.4 Å². The highest BCUT2D eigenvalue weighted by Crippen LogP contribution is 2.24. The van der Waals surface area contributed by atoms with Gasteiger partial charge in [-0.3, -0.25) is 9.69 Å². The van der Waals surface area contributed by atoms with Crippen molar-refractivity contribution in [1.82, 2.24) is 4.90 Å². The van der Waals surface area contributed by atoms with Gasteiger partial charge in [0.1, 0.15) is 17.3 Å². The number of hydrogen-bond donors (Lipinski definition) is 0. The molecule has 0 aliphatic carbocycles. The SMILES string of the molecule is COC(=O)CCCCC(CCc1ccccc1OCCCN1CCN(c2ccc(F)cc2)CC1)Oc1ccc(C(=O)OC)cc1. The highest BCUT2D eigenvalue weighted by atomic mass is 19.1. The molecule has 3 aromatic carbocycles. The molecule has 1 atom stereocenters. The fraction of sp³-hybridized carbons (Fsp3) is 0.444. The van der Waals surface area contributed by atoms with Gasteiger partial charge in [0.2, 0.25) is 0 Å². The molecular weight excluding hydrogens is 575 g/mol. The number of aryl methyl sites for hydroxylation is 1. The Labute approximate surface area is 266 Å². The van der Waals surface area contributed by atoms with Gasteiger partial charge in [-0.05, 0) is 98.7 Å². The monoisotopic (exact) mass is 620 g/mol. The predicted molar refractivity (Wildman–Crippen MR) is 173 cm³/mol. The van der Waals surface area contributed by atoms with Crippen molar-refractivity contribution in [2.75, 3.05) is 58.5 Å². The van der Waals surface area contributed by atoms with Crippen molar-refractivity contribution in [2.45, 2.75) is 51.0 Å². The van der Waals surface area contributed by atoms with Gasteiger partial charge in [-0.25, -0.2) is 9.18 Å². The average Bonchev–Trinajstić information content (AvgIpc) is 3.08. The van der Waals surface area contributed by atoms with E-state index in [0.717, 1.165) is 88.2 Å². The number of rotatable bonds is 17. The number of nitrogens with zero attached hydrogens (tertiary/aromatic N) is 2. The van der Waals surface area contributed by atoms with Gasteiger partial charge in [0.25, 0.3) is 0 Å². The quantitative estimate of drug-likeness (QED) is 0.128. The average molecular weight is 621 g/mol. The molecule has 4 rings (SSSR count). The van der Waals surface area contributed by atoms with Crippen LogP contribution in [0.4, 0.5) is 10.1 Å². The summed E-state index contributed by atoms with van der Waals surface area (Å²) in [4.78, 5) is 28.1. The summed E-state index contributed by atoms with van der Waals surface area (Å²) < 4.78 is 35.4. The third-order valence-electron chi connectivity index (χ3n) is 8.11. The standard InChI is InChI=1S/C36H45FN2O6/c1-42-35(40)11-6-4-9-32(45-33-20-13-29(14-21-33)36(41)43-2)19-12-28-8-3-5-10-34(28)44-27-7-22-38-23-25-39(26-24-38)31-17-15-30(37)16-18-31/h3,5,8,10,13-18,20-21,32H,4,6-7,9,11-12,19,22-27H2,1-2H3. The van der Waals surface area contributed by atoms with Crippen molar-refractivity contribution in [2.24, 2.45) is 0 Å². The number of hydrogen-bond acceptors (Lipinski definition) is 8. The predicted octanol–water partition coefficient (Wildman–Crippen LogP) is 6.32. The molecule has 1 aliphatic rings. The van der Waals surface area contributed by atoms with Crippen LogP contribution in [-0.2, 0) is 20.7 Å². The summed E-state index contributed by atoms with van der Waals surface area (Å²) in [5.41, 5.74) is 2.67. The van der Waals surface area contributed by atoms with E-state index in [2.05, 4.69) is 15.9 Å². The maximum absolute atomic E-state index is 13.3. The lowest BCUT2D eigenvalue weighted by Crippen LogP contribution is -2.46. The van der Waals surface area contributed by atoms with Crippen LogP contribution in [-0.4, -0.2) is 76.5 Å². The highest BCUT2D eigenvalue weighted by molar-refractivity contribution is 5.89. The Balaban J connectivity index is 1.25. The highest BCUT2D eigenvalue weighted by Gasteiger charge is 2.18. The van der Waals surface area contributed by atoms with Gasteiger partial charge in [0.15, 0.2) is 0 Å². The molecule has 1 aliphatic heterocycles. The first kappa shape index (κ1) is 33.8. The van der Waals surface area contributed by atoms with Gasteiger partial charge in [-0.15, -0.1) is 0 Å². The van der Waals surface area contributed by atoms with E-state index in [1.807, 2.05) is 30.3 Å². The molecule has 0 radical (unpaired) electrons. The number of methoxy groups -OCH3 is 2. The molecule has 0 amide bonds. The summed E-state index contributed by atoms with van der Waals surface area (Å²) in [6, 6.07) is 21.8. The van der Waals surface area contributed by atoms with E-state index in [1.165, 1.54) is 26.4 Å². The number of benzene rings is 3. The zero-order valence-electron chi connectivity index (χ0n) is 26.4. The number of anilines is 1. The van der Waals surface area contributed by atoms with Crippen LogP contribution in [0.3, 0.4) is 0 Å². The zero-order valence-corrected chi connectivity index (χ0v) is 26.4. The van der Waals surface area contributed by atoms with E-state index >= 15 is 0 Å². The Morgan fingerprint density at radius 3 is 2.27 bits per heavy atom. The molecule has 0 N–H and O–H groups in total. The number of carbonyl (C=O) groups is 2. The number of halogens is 1. The van der Waals surface area contributed by atoms with Crippen molar-refractivity contribution in [3.05, 3.63) is 89.7 Å². The molecule has 242 valence electrons. The van der Waals surface area contributed by atoms with E-state index in [4.69, 9.17) is 18.9 Å². The van der Waals surface area contributed by atoms with E-state index in [9.17, 15) is 14.0 Å². The van der Waals surface area contributed by atoms with Crippen LogP contribution < -0.4 is 14.4 Å². The zero-order chi connectivity index (χ0) is 31.9. The summed E-state index contributed by atoms with van der Waals surface area (Å²) in [5.74, 6) is 0.781. The van der Waals surface area contributed by atoms with E-state index < -0.39 is 0 Å². The van der Waals surface area contributed by atoms with Crippen molar-refractivity contribution >= 4 is 17.6 Å². The van der Waals surface area contributed by atoms with Crippen molar-refractivity contribution in [3.8, 4) is 11.5 Å². The van der Waals surface area contributed by atoms with Crippen LogP contribution in [0, 0.1) is 5.82 Å². The molecule has 9 heteroatoms. The van der Waals surface area contributed by atoms with Gasteiger partial charge >= 0.3 is 11.9 Å². The van der Waals surface area contributed by atoms with Gasteiger partial charge in [-0.2, -0.15) is 0 Å². The molecule has 45 heavy (non-hydrogen) atoms. The molecule has 0 saturated carbocycles. The van der Waals surface area contributed by atoms with Crippen molar-refractivity contribution in [1.29, 1.82) is 0 Å². The number of carbonyl (C=O) groups excluding carboxylic acids is 2. The molecule has 1 saturated heterocycles. The van der Waals surface area contributed by atoms with E-state index in [0.29, 0.717) is 24.3 Å². The Kier molecular flexibility index (Phi) is 13.5. The van der Waals surface area contributed by atoms with Gasteiger partial charge < -0.3 is 23.8 Å². The van der Waals surface area contributed by atoms with E-state index in [-0.39, 0.29) is 23.9 Å². The maximum atomic E-state index is 13.3. The van der Waals surface area contributed by atoms with Crippen molar-refractivity contribution < 1.29 is 32.9 Å². The van der Waals surface area contributed by atoms with Gasteiger partial charge in [-0.1, -0.05) is 18.2 Å². The minimum Gasteiger partial charge on any atom is -0.493 e. The smallest absolute Gasteiger partial charge is 0.337 e. The Hall–Kier alpha value is -4.11. The minimum atomic E-state index is -0.387. The lowest BCUT2D eigenvalue weighted by molar-refractivity contribution is -0.140. The Morgan fingerprint density at radius 1 is 0.822 bits per heavy atom. The molecule has 1 heterocycles. The minimum absolute atomic E-state index is 0.0757. The number of ether oxygens (including phenoxy) is 4. The third-order valence-corrected chi connectivity index (χ3v) is 8.11. The fourth-order valence-corrected chi connectivity index (χ4v) is 5.51. The summed E-state index contributed by atoms with van der Waals surface area (Å²) >= 11 is 0. The maximum Gasteiger partial charge on any atom is 0.337 e. The Morgan fingerprint density at radius 2 is 1.56 bits per heavy atom. The van der Waals surface area contributed by atoms with Gasteiger partial charge in [0.05, 0.1) is 32.5 Å². The topological polar surface area (TPSA) is 77.5 Å². The van der Waals surface area contributed by atoms with Crippen LogP contribution >= 0.6 is 0 Å². The summed E-state index contributed by atoms with van der Waals surface area (Å²) in [5, 5.41) is 0. The first-order chi connectivity index (χ1) is 21.9. The first-order valence-corrected chi connectivity index (χ1v) is 15.8. The molecule has 0 bridgehead atoms. The first-order valence-electron chi connectivity index (χ1n) is 15.8. The summed E-state index contributed by atoms with van der Waals surface area (Å²) in [7, 11) is 2.77. The van der Waals surface area contributed by atoms with E-state index in [1.54, 1.807) is 24.3 Å². The Bertz CT molecular complexity index is 1330. The summed E-state index contributed by atoms with van der Waals surface area (Å²) in [6.45, 7) is 5.40.